The standard InChI is InChI=1S/C5H12N2S/c1-5(2)6-7(3)4-8-5/h6H,4H2,1-3H3. The summed E-state index contributed by atoms with van der Waals surface area (Å²) in [5.41, 5.74) is 3.29. The molecule has 1 heterocycles. The van der Waals surface area contributed by atoms with Gasteiger partial charge in [-0.1, -0.05) is 0 Å². The molecule has 0 amide bonds. The molecule has 1 aliphatic heterocycles. The summed E-state index contributed by atoms with van der Waals surface area (Å²) in [6, 6.07) is 0. The van der Waals surface area contributed by atoms with Gasteiger partial charge in [0.15, 0.2) is 0 Å². The van der Waals surface area contributed by atoms with E-state index < -0.39 is 0 Å². The largest absolute Gasteiger partial charge is 0.239 e. The first-order chi connectivity index (χ1) is 3.60. The number of hydrogen-bond donors (Lipinski definition) is 1. The van der Waals surface area contributed by atoms with Crippen molar-refractivity contribution >= 4 is 11.8 Å². The number of thioether (sulfide) groups is 1. The molecule has 0 radical (unpaired) electrons. The normalized spacial score (nSPS) is 28.9. The number of nitrogens with zero attached hydrogens (tertiary/aromatic N) is 1. The van der Waals surface area contributed by atoms with Crippen LogP contribution in [0.2, 0.25) is 0 Å². The molecule has 0 aliphatic carbocycles. The summed E-state index contributed by atoms with van der Waals surface area (Å²) in [7, 11) is 2.06. The third-order valence-corrected chi connectivity index (χ3v) is 2.41. The summed E-state index contributed by atoms with van der Waals surface area (Å²) in [5, 5.41) is 2.10. The van der Waals surface area contributed by atoms with E-state index in [1.165, 1.54) is 0 Å². The molecule has 0 spiro atoms. The lowest BCUT2D eigenvalue weighted by atomic mass is 10.4. The highest BCUT2D eigenvalue weighted by Gasteiger charge is 2.26. The smallest absolute Gasteiger partial charge is 0.0733 e. The van der Waals surface area contributed by atoms with Crippen molar-refractivity contribution in [2.45, 2.75) is 18.7 Å². The van der Waals surface area contributed by atoms with Gasteiger partial charge in [0, 0.05) is 7.05 Å². The summed E-state index contributed by atoms with van der Waals surface area (Å²) in [6.45, 7) is 4.36. The fourth-order valence-electron chi connectivity index (χ4n) is 0.782. The Hall–Kier alpha value is 0.270. The van der Waals surface area contributed by atoms with E-state index in [1.807, 2.05) is 11.8 Å². The monoisotopic (exact) mass is 132 g/mol. The Labute approximate surface area is 54.6 Å². The molecule has 2 nitrogen and oxygen atoms in total. The highest BCUT2D eigenvalue weighted by atomic mass is 32.2. The number of hydrogen-bond acceptors (Lipinski definition) is 3. The summed E-state index contributed by atoms with van der Waals surface area (Å²) in [6.07, 6.45) is 0. The molecule has 3 heteroatoms. The Morgan fingerprint density at radius 2 is 2.25 bits per heavy atom. The van der Waals surface area contributed by atoms with Crippen LogP contribution in [-0.4, -0.2) is 22.8 Å². The zero-order valence-electron chi connectivity index (χ0n) is 5.56. The van der Waals surface area contributed by atoms with Crippen LogP contribution in [0.15, 0.2) is 0 Å². The topological polar surface area (TPSA) is 15.3 Å². The molecule has 1 N–H and O–H groups in total. The first-order valence-electron chi connectivity index (χ1n) is 2.73. The third-order valence-electron chi connectivity index (χ3n) is 1.08. The summed E-state index contributed by atoms with van der Waals surface area (Å²) < 4.78 is 0. The minimum atomic E-state index is 0.259. The summed E-state index contributed by atoms with van der Waals surface area (Å²) in [5.74, 6) is 1.09. The van der Waals surface area contributed by atoms with Crippen LogP contribution in [0.5, 0.6) is 0 Å². The maximum absolute atomic E-state index is 3.29. The minimum Gasteiger partial charge on any atom is -0.239 e. The van der Waals surface area contributed by atoms with Crippen molar-refractivity contribution in [2.24, 2.45) is 0 Å². The van der Waals surface area contributed by atoms with Gasteiger partial charge in [-0.3, -0.25) is 0 Å². The molecule has 0 atom stereocenters. The van der Waals surface area contributed by atoms with E-state index in [0.29, 0.717) is 0 Å². The average molecular weight is 132 g/mol. The van der Waals surface area contributed by atoms with Crippen molar-refractivity contribution in [2.75, 3.05) is 12.9 Å². The third kappa shape index (κ3) is 1.37. The molecule has 1 aliphatic rings. The molecule has 0 aromatic heterocycles. The van der Waals surface area contributed by atoms with E-state index in [9.17, 15) is 0 Å². The van der Waals surface area contributed by atoms with E-state index in [4.69, 9.17) is 0 Å². The van der Waals surface area contributed by atoms with Gasteiger partial charge in [-0.05, 0) is 13.8 Å². The van der Waals surface area contributed by atoms with Crippen LogP contribution in [0.3, 0.4) is 0 Å². The molecule has 0 bridgehead atoms. The highest BCUT2D eigenvalue weighted by molar-refractivity contribution is 8.00. The van der Waals surface area contributed by atoms with Gasteiger partial charge in [0.05, 0.1) is 10.7 Å². The van der Waals surface area contributed by atoms with Crippen molar-refractivity contribution in [3.05, 3.63) is 0 Å². The van der Waals surface area contributed by atoms with E-state index >= 15 is 0 Å². The lowest BCUT2D eigenvalue weighted by Gasteiger charge is -2.16. The van der Waals surface area contributed by atoms with Crippen molar-refractivity contribution in [1.29, 1.82) is 0 Å². The fourth-order valence-corrected chi connectivity index (χ4v) is 1.58. The average Bonchev–Trinajstić information content (AvgIpc) is 1.82. The number of hydrazine groups is 1. The van der Waals surface area contributed by atoms with Crippen LogP contribution in [-0.2, 0) is 0 Å². The molecule has 0 unspecified atom stereocenters. The molecule has 1 saturated heterocycles. The molecule has 8 heavy (non-hydrogen) atoms. The number of nitrogens with one attached hydrogen (secondary N) is 1. The van der Waals surface area contributed by atoms with E-state index in [0.717, 1.165) is 5.88 Å². The van der Waals surface area contributed by atoms with E-state index in [1.54, 1.807) is 0 Å². The van der Waals surface area contributed by atoms with Crippen molar-refractivity contribution in [3.8, 4) is 0 Å². The Kier molecular flexibility index (Phi) is 1.52. The Bertz CT molecular complexity index is 92.4. The zero-order chi connectivity index (χ0) is 6.20. The van der Waals surface area contributed by atoms with Crippen molar-refractivity contribution in [1.82, 2.24) is 10.4 Å². The van der Waals surface area contributed by atoms with Gasteiger partial charge in [0.2, 0.25) is 0 Å². The molecular formula is C5H12N2S. The van der Waals surface area contributed by atoms with Gasteiger partial charge < -0.3 is 0 Å². The molecule has 0 aromatic carbocycles. The van der Waals surface area contributed by atoms with Gasteiger partial charge in [0.1, 0.15) is 0 Å². The minimum absolute atomic E-state index is 0.259. The van der Waals surface area contributed by atoms with Gasteiger partial charge >= 0.3 is 0 Å². The summed E-state index contributed by atoms with van der Waals surface area (Å²) >= 11 is 1.92. The second-order valence-electron chi connectivity index (χ2n) is 2.59. The van der Waals surface area contributed by atoms with Crippen LogP contribution < -0.4 is 5.43 Å². The van der Waals surface area contributed by atoms with Crippen LogP contribution in [0.1, 0.15) is 13.8 Å². The van der Waals surface area contributed by atoms with Crippen LogP contribution in [0.4, 0.5) is 0 Å². The summed E-state index contributed by atoms with van der Waals surface area (Å²) in [4.78, 5) is 0.259. The molecule has 1 rings (SSSR count). The molecule has 48 valence electrons. The predicted molar refractivity (Wildman–Crippen MR) is 37.4 cm³/mol. The lowest BCUT2D eigenvalue weighted by Crippen LogP contribution is -2.38. The van der Waals surface area contributed by atoms with Crippen molar-refractivity contribution < 1.29 is 0 Å². The Balaban J connectivity index is 2.44. The van der Waals surface area contributed by atoms with E-state index in [-0.39, 0.29) is 4.87 Å². The molecular weight excluding hydrogens is 120 g/mol. The molecule has 0 saturated carbocycles. The predicted octanol–water partition coefficient (Wildman–Crippen LogP) is 0.863. The van der Waals surface area contributed by atoms with Crippen LogP contribution >= 0.6 is 11.8 Å². The van der Waals surface area contributed by atoms with Crippen molar-refractivity contribution in [3.63, 3.8) is 0 Å². The highest BCUT2D eigenvalue weighted by Crippen LogP contribution is 2.26. The molecule has 0 aromatic rings. The Morgan fingerprint density at radius 1 is 1.62 bits per heavy atom. The van der Waals surface area contributed by atoms with Gasteiger partial charge in [0.25, 0.3) is 0 Å². The maximum atomic E-state index is 3.29. The van der Waals surface area contributed by atoms with Gasteiger partial charge in [-0.2, -0.15) is 0 Å². The second-order valence-corrected chi connectivity index (χ2v) is 4.16. The quantitative estimate of drug-likeness (QED) is 0.526. The molecule has 1 fully saturated rings. The van der Waals surface area contributed by atoms with E-state index in [2.05, 4.69) is 31.3 Å². The number of rotatable bonds is 0. The zero-order valence-corrected chi connectivity index (χ0v) is 6.38. The maximum Gasteiger partial charge on any atom is 0.0733 e. The fraction of sp³-hybridized carbons (Fsp3) is 1.00. The van der Waals surface area contributed by atoms with Crippen LogP contribution in [0, 0.1) is 0 Å². The van der Waals surface area contributed by atoms with Gasteiger partial charge in [-0.25, -0.2) is 10.4 Å². The van der Waals surface area contributed by atoms with Crippen LogP contribution in [0.25, 0.3) is 0 Å². The SMILES string of the molecule is CN1CSC(C)(C)N1. The first kappa shape index (κ1) is 6.39. The van der Waals surface area contributed by atoms with Gasteiger partial charge in [-0.15, -0.1) is 11.8 Å². The lowest BCUT2D eigenvalue weighted by molar-refractivity contribution is 0.258. The first-order valence-corrected chi connectivity index (χ1v) is 3.72. The second kappa shape index (κ2) is 1.90. The Morgan fingerprint density at radius 3 is 2.38 bits per heavy atom.